The topological polar surface area (TPSA) is 63.5 Å². The highest BCUT2D eigenvalue weighted by molar-refractivity contribution is 5.80. The molecule has 1 aromatic carbocycles. The second-order valence-electron chi connectivity index (χ2n) is 4.63. The molecule has 2 N–H and O–H groups in total. The summed E-state index contributed by atoms with van der Waals surface area (Å²) in [6.07, 6.45) is 0. The van der Waals surface area contributed by atoms with Crippen LogP contribution >= 0.6 is 0 Å². The van der Waals surface area contributed by atoms with Gasteiger partial charge in [0.15, 0.2) is 5.96 Å². The van der Waals surface area contributed by atoms with Crippen LogP contribution in [0.3, 0.4) is 0 Å². The number of aryl methyl sites for hydroxylation is 1. The summed E-state index contributed by atoms with van der Waals surface area (Å²) in [4.78, 5) is 8.81. The number of aromatic nitrogens is 2. The third-order valence-electron chi connectivity index (χ3n) is 3.26. The van der Waals surface area contributed by atoms with Crippen LogP contribution in [0.4, 0.5) is 0 Å². The minimum atomic E-state index is 0.624. The van der Waals surface area contributed by atoms with E-state index in [0.29, 0.717) is 13.2 Å². The number of imidazole rings is 1. The molecule has 0 atom stereocenters. The molecule has 0 saturated carbocycles. The molecule has 0 aliphatic rings. The summed E-state index contributed by atoms with van der Waals surface area (Å²) in [7, 11) is 3.78. The minimum Gasteiger partial charge on any atom is -0.380 e. The van der Waals surface area contributed by atoms with E-state index in [1.54, 1.807) is 7.05 Å². The summed E-state index contributed by atoms with van der Waals surface area (Å²) in [5.41, 5.74) is 2.14. The van der Waals surface area contributed by atoms with Crippen molar-refractivity contribution in [2.24, 2.45) is 12.0 Å². The van der Waals surface area contributed by atoms with Gasteiger partial charge in [-0.15, -0.1) is 0 Å². The molecule has 0 amide bonds. The lowest BCUT2D eigenvalue weighted by Crippen LogP contribution is -2.39. The Morgan fingerprint density at radius 1 is 1.33 bits per heavy atom. The van der Waals surface area contributed by atoms with Gasteiger partial charge in [0.2, 0.25) is 0 Å². The first-order valence-electron chi connectivity index (χ1n) is 7.18. The molecule has 0 bridgehead atoms. The first-order valence-corrected chi connectivity index (χ1v) is 7.18. The largest absolute Gasteiger partial charge is 0.380 e. The lowest BCUT2D eigenvalue weighted by atomic mass is 10.3. The van der Waals surface area contributed by atoms with Gasteiger partial charge in [0, 0.05) is 27.2 Å². The van der Waals surface area contributed by atoms with Gasteiger partial charge in [-0.1, -0.05) is 12.1 Å². The zero-order chi connectivity index (χ0) is 15.1. The Labute approximate surface area is 125 Å². The number of hydrogen-bond donors (Lipinski definition) is 2. The molecule has 0 radical (unpaired) electrons. The number of aliphatic imine (C=N–C) groups is 1. The first-order chi connectivity index (χ1) is 10.3. The van der Waals surface area contributed by atoms with Crippen molar-refractivity contribution in [2.45, 2.75) is 13.5 Å². The summed E-state index contributed by atoms with van der Waals surface area (Å²) in [6, 6.07) is 8.12. The maximum Gasteiger partial charge on any atom is 0.191 e. The van der Waals surface area contributed by atoms with Crippen molar-refractivity contribution in [3.05, 3.63) is 30.1 Å². The van der Waals surface area contributed by atoms with Crippen LogP contribution in [0.1, 0.15) is 12.7 Å². The van der Waals surface area contributed by atoms with E-state index in [2.05, 4.69) is 31.2 Å². The standard InChI is InChI=1S/C15H23N5O/c1-4-21-10-9-17-15(16-2)18-11-14-19-12-7-5-6-8-13(12)20(14)3/h5-8H,4,9-11H2,1-3H3,(H2,16,17,18). The van der Waals surface area contributed by atoms with Crippen molar-refractivity contribution < 1.29 is 4.74 Å². The molecule has 0 aliphatic heterocycles. The number of para-hydroxylation sites is 2. The van der Waals surface area contributed by atoms with E-state index in [-0.39, 0.29) is 0 Å². The molecular weight excluding hydrogens is 266 g/mol. The lowest BCUT2D eigenvalue weighted by Gasteiger charge is -2.11. The molecule has 6 heteroatoms. The lowest BCUT2D eigenvalue weighted by molar-refractivity contribution is 0.152. The minimum absolute atomic E-state index is 0.624. The number of fused-ring (bicyclic) bond motifs is 1. The summed E-state index contributed by atoms with van der Waals surface area (Å²) >= 11 is 0. The Morgan fingerprint density at radius 2 is 2.14 bits per heavy atom. The van der Waals surface area contributed by atoms with Crippen molar-refractivity contribution >= 4 is 17.0 Å². The maximum atomic E-state index is 5.29. The van der Waals surface area contributed by atoms with Crippen molar-refractivity contribution in [3.63, 3.8) is 0 Å². The van der Waals surface area contributed by atoms with E-state index in [1.807, 2.05) is 32.2 Å². The third kappa shape index (κ3) is 3.95. The number of nitrogens with zero attached hydrogens (tertiary/aromatic N) is 3. The van der Waals surface area contributed by atoms with Gasteiger partial charge in [0.1, 0.15) is 5.82 Å². The molecule has 2 rings (SSSR count). The Kier molecular flexibility index (Phi) is 5.57. The first kappa shape index (κ1) is 15.3. The molecule has 0 saturated heterocycles. The fourth-order valence-electron chi connectivity index (χ4n) is 2.12. The second kappa shape index (κ2) is 7.64. The van der Waals surface area contributed by atoms with Gasteiger partial charge in [-0.25, -0.2) is 4.98 Å². The molecule has 0 aliphatic carbocycles. The predicted molar refractivity (Wildman–Crippen MR) is 85.4 cm³/mol. The third-order valence-corrected chi connectivity index (χ3v) is 3.26. The van der Waals surface area contributed by atoms with E-state index >= 15 is 0 Å². The van der Waals surface area contributed by atoms with Crippen molar-refractivity contribution in [1.82, 2.24) is 20.2 Å². The van der Waals surface area contributed by atoms with Gasteiger partial charge < -0.3 is 19.9 Å². The molecule has 0 fully saturated rings. The molecule has 0 spiro atoms. The zero-order valence-electron chi connectivity index (χ0n) is 12.9. The van der Waals surface area contributed by atoms with E-state index in [9.17, 15) is 0 Å². The smallest absolute Gasteiger partial charge is 0.191 e. The predicted octanol–water partition coefficient (Wildman–Crippen LogP) is 1.27. The van der Waals surface area contributed by atoms with Gasteiger partial charge in [0.05, 0.1) is 24.2 Å². The van der Waals surface area contributed by atoms with Crippen LogP contribution in [0.2, 0.25) is 0 Å². The summed E-state index contributed by atoms with van der Waals surface area (Å²) in [5.74, 6) is 1.73. The number of ether oxygens (including phenoxy) is 1. The van der Waals surface area contributed by atoms with Crippen LogP contribution in [0.25, 0.3) is 11.0 Å². The van der Waals surface area contributed by atoms with Crippen LogP contribution in [-0.4, -0.2) is 42.3 Å². The molecular formula is C15H23N5O. The highest BCUT2D eigenvalue weighted by Gasteiger charge is 2.07. The highest BCUT2D eigenvalue weighted by atomic mass is 16.5. The molecule has 21 heavy (non-hydrogen) atoms. The highest BCUT2D eigenvalue weighted by Crippen LogP contribution is 2.13. The Balaban J connectivity index is 1.92. The second-order valence-corrected chi connectivity index (χ2v) is 4.63. The Hall–Kier alpha value is -2.08. The van der Waals surface area contributed by atoms with E-state index in [1.165, 1.54) is 0 Å². The summed E-state index contributed by atoms with van der Waals surface area (Å²) < 4.78 is 7.38. The number of guanidine groups is 1. The van der Waals surface area contributed by atoms with Crippen molar-refractivity contribution in [1.29, 1.82) is 0 Å². The Bertz CT molecular complexity index is 605. The van der Waals surface area contributed by atoms with Crippen molar-refractivity contribution in [2.75, 3.05) is 26.8 Å². The fraction of sp³-hybridized carbons (Fsp3) is 0.467. The van der Waals surface area contributed by atoms with Crippen LogP contribution in [0, 0.1) is 0 Å². The number of benzene rings is 1. The average Bonchev–Trinajstić information content (AvgIpc) is 2.83. The summed E-state index contributed by atoms with van der Waals surface area (Å²) in [5, 5.41) is 6.47. The zero-order valence-corrected chi connectivity index (χ0v) is 12.9. The maximum absolute atomic E-state index is 5.29. The van der Waals surface area contributed by atoms with Gasteiger partial charge in [-0.3, -0.25) is 4.99 Å². The van der Waals surface area contributed by atoms with Crippen LogP contribution < -0.4 is 10.6 Å². The quantitative estimate of drug-likeness (QED) is 0.478. The number of nitrogens with one attached hydrogen (secondary N) is 2. The molecule has 6 nitrogen and oxygen atoms in total. The van der Waals surface area contributed by atoms with Crippen LogP contribution in [-0.2, 0) is 18.3 Å². The monoisotopic (exact) mass is 289 g/mol. The SMILES string of the molecule is CCOCCNC(=NC)NCc1nc2ccccc2n1C. The Morgan fingerprint density at radius 3 is 2.86 bits per heavy atom. The van der Waals surface area contributed by atoms with E-state index in [4.69, 9.17) is 4.74 Å². The van der Waals surface area contributed by atoms with Gasteiger partial charge >= 0.3 is 0 Å². The van der Waals surface area contributed by atoms with Gasteiger partial charge in [-0.2, -0.15) is 0 Å². The normalized spacial score (nSPS) is 11.9. The molecule has 2 aromatic rings. The molecule has 1 aromatic heterocycles. The van der Waals surface area contributed by atoms with Crippen LogP contribution in [0.5, 0.6) is 0 Å². The number of hydrogen-bond acceptors (Lipinski definition) is 3. The number of rotatable bonds is 6. The van der Waals surface area contributed by atoms with Crippen molar-refractivity contribution in [3.8, 4) is 0 Å². The van der Waals surface area contributed by atoms with Crippen LogP contribution in [0.15, 0.2) is 29.3 Å². The van der Waals surface area contributed by atoms with E-state index in [0.717, 1.165) is 36.0 Å². The summed E-state index contributed by atoms with van der Waals surface area (Å²) in [6.45, 7) is 4.74. The van der Waals surface area contributed by atoms with E-state index < -0.39 is 0 Å². The van der Waals surface area contributed by atoms with Gasteiger partial charge in [0.25, 0.3) is 0 Å². The molecule has 0 unspecified atom stereocenters. The molecule has 114 valence electrons. The average molecular weight is 289 g/mol. The molecule has 1 heterocycles. The fourth-order valence-corrected chi connectivity index (χ4v) is 2.12. The van der Waals surface area contributed by atoms with Gasteiger partial charge in [-0.05, 0) is 19.1 Å².